The van der Waals surface area contributed by atoms with Gasteiger partial charge in [-0.1, -0.05) is 48.9 Å². The van der Waals surface area contributed by atoms with Gasteiger partial charge in [0.1, 0.15) is 6.23 Å². The summed E-state index contributed by atoms with van der Waals surface area (Å²) in [5.74, 6) is 0.135. The molecule has 1 fully saturated rings. The lowest BCUT2D eigenvalue weighted by molar-refractivity contribution is -0.141. The van der Waals surface area contributed by atoms with E-state index in [1.165, 1.54) is 5.56 Å². The van der Waals surface area contributed by atoms with Crippen molar-refractivity contribution in [2.45, 2.75) is 45.9 Å². The number of nitrogens with zero attached hydrogens (tertiary/aromatic N) is 2. The van der Waals surface area contributed by atoms with Crippen molar-refractivity contribution in [3.63, 3.8) is 0 Å². The van der Waals surface area contributed by atoms with E-state index in [-0.39, 0.29) is 23.5 Å². The van der Waals surface area contributed by atoms with E-state index in [0.717, 1.165) is 44.7 Å². The second kappa shape index (κ2) is 10.7. The van der Waals surface area contributed by atoms with Gasteiger partial charge in [-0.2, -0.15) is 0 Å². The maximum atomic E-state index is 12.8. The summed E-state index contributed by atoms with van der Waals surface area (Å²) in [6.07, 6.45) is 0.932. The minimum atomic E-state index is -0.198. The quantitative estimate of drug-likeness (QED) is 0.528. The average Bonchev–Trinajstić information content (AvgIpc) is 2.73. The van der Waals surface area contributed by atoms with Crippen LogP contribution in [0.1, 0.15) is 43.6 Å². The molecule has 0 amide bonds. The predicted octanol–water partition coefficient (Wildman–Crippen LogP) is 5.16. The Labute approximate surface area is 192 Å². The van der Waals surface area contributed by atoms with Gasteiger partial charge in [0.25, 0.3) is 0 Å². The number of hydrogen-bond donors (Lipinski definition) is 0. The van der Waals surface area contributed by atoms with Crippen LogP contribution >= 0.6 is 11.6 Å². The van der Waals surface area contributed by atoms with Gasteiger partial charge in [-0.15, -0.1) is 0 Å². The maximum Gasteiger partial charge on any atom is 0.166 e. The van der Waals surface area contributed by atoms with Crippen LogP contribution in [-0.2, 0) is 11.2 Å². The molecule has 4 nitrogen and oxygen atoms in total. The molecule has 31 heavy (non-hydrogen) atoms. The first-order valence-corrected chi connectivity index (χ1v) is 11.6. The zero-order valence-electron chi connectivity index (χ0n) is 19.2. The van der Waals surface area contributed by atoms with Gasteiger partial charge in [-0.05, 0) is 50.6 Å². The van der Waals surface area contributed by atoms with Crippen LogP contribution in [0.4, 0.5) is 0 Å². The number of rotatable bonds is 8. The van der Waals surface area contributed by atoms with E-state index in [1.54, 1.807) is 12.1 Å². The van der Waals surface area contributed by atoms with Crippen molar-refractivity contribution in [2.75, 3.05) is 32.7 Å². The summed E-state index contributed by atoms with van der Waals surface area (Å²) in [4.78, 5) is 17.6. The average molecular weight is 443 g/mol. The molecular weight excluding hydrogens is 408 g/mol. The van der Waals surface area contributed by atoms with Crippen LogP contribution in [0.3, 0.4) is 0 Å². The third kappa shape index (κ3) is 7.43. The molecule has 5 heteroatoms. The zero-order chi connectivity index (χ0) is 22.4. The fourth-order valence-corrected chi connectivity index (χ4v) is 4.20. The fourth-order valence-electron chi connectivity index (χ4n) is 4.07. The molecule has 2 aromatic rings. The Morgan fingerprint density at radius 3 is 2.19 bits per heavy atom. The van der Waals surface area contributed by atoms with Crippen molar-refractivity contribution in [1.82, 2.24) is 9.80 Å². The predicted molar refractivity (Wildman–Crippen MR) is 128 cm³/mol. The van der Waals surface area contributed by atoms with Crippen molar-refractivity contribution in [3.8, 4) is 0 Å². The van der Waals surface area contributed by atoms with Crippen LogP contribution in [0, 0.1) is 5.92 Å². The SMILES string of the molecule is CC(CN1CCN(C(Cc2ccccc2)OC(C)(C)C)CC1)C(=O)c1ccc(Cl)cc1. The number of Topliss-reactive ketones (excluding diaryl/α,β-unsaturated/α-hetero) is 1. The molecule has 0 saturated carbocycles. The number of carbonyl (C=O) groups excluding carboxylic acids is 1. The molecule has 2 unspecified atom stereocenters. The topological polar surface area (TPSA) is 32.8 Å². The number of hydrogen-bond acceptors (Lipinski definition) is 4. The van der Waals surface area contributed by atoms with Gasteiger partial charge < -0.3 is 9.64 Å². The van der Waals surface area contributed by atoms with Crippen molar-refractivity contribution >= 4 is 17.4 Å². The van der Waals surface area contributed by atoms with Crippen LogP contribution < -0.4 is 0 Å². The summed E-state index contributed by atoms with van der Waals surface area (Å²) in [7, 11) is 0. The molecule has 1 saturated heterocycles. The highest BCUT2D eigenvalue weighted by molar-refractivity contribution is 6.30. The van der Waals surface area contributed by atoms with Gasteiger partial charge in [0.2, 0.25) is 0 Å². The second-order valence-electron chi connectivity index (χ2n) is 9.48. The Kier molecular flexibility index (Phi) is 8.29. The Balaban J connectivity index is 1.55. The number of ketones is 1. The zero-order valence-corrected chi connectivity index (χ0v) is 19.9. The first-order valence-electron chi connectivity index (χ1n) is 11.2. The maximum absolute atomic E-state index is 12.8. The summed E-state index contributed by atoms with van der Waals surface area (Å²) >= 11 is 5.95. The molecule has 2 aromatic carbocycles. The van der Waals surface area contributed by atoms with E-state index in [0.29, 0.717) is 5.02 Å². The van der Waals surface area contributed by atoms with Gasteiger partial charge in [0.05, 0.1) is 5.60 Å². The highest BCUT2D eigenvalue weighted by atomic mass is 35.5. The summed E-state index contributed by atoms with van der Waals surface area (Å²) in [6.45, 7) is 12.9. The molecule has 1 aliphatic rings. The molecule has 168 valence electrons. The van der Waals surface area contributed by atoms with E-state index < -0.39 is 0 Å². The second-order valence-corrected chi connectivity index (χ2v) is 9.92. The van der Waals surface area contributed by atoms with E-state index in [9.17, 15) is 4.79 Å². The molecule has 0 N–H and O–H groups in total. The minimum absolute atomic E-state index is 0.0429. The Morgan fingerprint density at radius 2 is 1.61 bits per heavy atom. The monoisotopic (exact) mass is 442 g/mol. The molecule has 2 atom stereocenters. The largest absolute Gasteiger partial charge is 0.357 e. The third-order valence-corrected chi connectivity index (χ3v) is 5.92. The van der Waals surface area contributed by atoms with Gasteiger partial charge in [0, 0.05) is 55.6 Å². The normalized spacial score (nSPS) is 18.0. The molecule has 0 spiro atoms. The Hall–Kier alpha value is -1.72. The minimum Gasteiger partial charge on any atom is -0.357 e. The summed E-state index contributed by atoms with van der Waals surface area (Å²) in [6, 6.07) is 17.7. The van der Waals surface area contributed by atoms with Crippen LogP contribution in [0.15, 0.2) is 54.6 Å². The number of carbonyl (C=O) groups is 1. The summed E-state index contributed by atoms with van der Waals surface area (Å²) in [5, 5.41) is 0.655. The first-order chi connectivity index (χ1) is 14.7. The summed E-state index contributed by atoms with van der Waals surface area (Å²) in [5.41, 5.74) is 1.83. The van der Waals surface area contributed by atoms with E-state index in [4.69, 9.17) is 16.3 Å². The Morgan fingerprint density at radius 1 is 1.00 bits per heavy atom. The molecular formula is C26H35ClN2O2. The van der Waals surface area contributed by atoms with E-state index in [2.05, 4.69) is 54.8 Å². The highest BCUT2D eigenvalue weighted by Crippen LogP contribution is 2.21. The molecule has 0 radical (unpaired) electrons. The Bertz CT molecular complexity index is 825. The van der Waals surface area contributed by atoms with Gasteiger partial charge >= 0.3 is 0 Å². The fraction of sp³-hybridized carbons (Fsp3) is 0.500. The molecule has 3 rings (SSSR count). The van der Waals surface area contributed by atoms with Crippen LogP contribution in [0.2, 0.25) is 5.02 Å². The van der Waals surface area contributed by atoms with Crippen molar-refractivity contribution in [1.29, 1.82) is 0 Å². The van der Waals surface area contributed by atoms with Crippen LogP contribution in [-0.4, -0.2) is 60.1 Å². The van der Waals surface area contributed by atoms with E-state index in [1.807, 2.05) is 25.1 Å². The molecule has 1 heterocycles. The van der Waals surface area contributed by atoms with Gasteiger partial charge in [-0.25, -0.2) is 0 Å². The number of benzene rings is 2. The molecule has 0 bridgehead atoms. The standard InChI is InChI=1S/C26H35ClN2O2/c1-20(25(30)22-10-12-23(27)13-11-22)19-28-14-16-29(17-15-28)24(31-26(2,3)4)18-21-8-6-5-7-9-21/h5-13,20,24H,14-19H2,1-4H3. The van der Waals surface area contributed by atoms with Gasteiger partial charge in [0.15, 0.2) is 5.78 Å². The number of halogens is 1. The first kappa shape index (κ1) is 23.9. The van der Waals surface area contributed by atoms with Crippen LogP contribution in [0.5, 0.6) is 0 Å². The summed E-state index contributed by atoms with van der Waals surface area (Å²) < 4.78 is 6.45. The van der Waals surface area contributed by atoms with E-state index >= 15 is 0 Å². The molecule has 1 aliphatic heterocycles. The third-order valence-electron chi connectivity index (χ3n) is 5.67. The van der Waals surface area contributed by atoms with Crippen molar-refractivity contribution in [3.05, 3.63) is 70.7 Å². The molecule has 0 aromatic heterocycles. The number of piperazine rings is 1. The lowest BCUT2D eigenvalue weighted by Crippen LogP contribution is -2.54. The smallest absolute Gasteiger partial charge is 0.166 e. The van der Waals surface area contributed by atoms with Crippen LogP contribution in [0.25, 0.3) is 0 Å². The van der Waals surface area contributed by atoms with Gasteiger partial charge in [-0.3, -0.25) is 9.69 Å². The van der Waals surface area contributed by atoms with Crippen molar-refractivity contribution < 1.29 is 9.53 Å². The molecule has 0 aliphatic carbocycles. The van der Waals surface area contributed by atoms with Crippen molar-refractivity contribution in [2.24, 2.45) is 5.92 Å². The lowest BCUT2D eigenvalue weighted by atomic mass is 9.98. The lowest BCUT2D eigenvalue weighted by Gasteiger charge is -2.42. The number of ether oxygens (including phenoxy) is 1. The highest BCUT2D eigenvalue weighted by Gasteiger charge is 2.29.